The third-order valence-corrected chi connectivity index (χ3v) is 3.19. The molecule has 1 aliphatic heterocycles. The maximum atomic E-state index is 5.53. The quantitative estimate of drug-likeness (QED) is 0.711. The lowest BCUT2D eigenvalue weighted by Gasteiger charge is -2.25. The van der Waals surface area contributed by atoms with Crippen LogP contribution in [0.5, 0.6) is 0 Å². The van der Waals surface area contributed by atoms with Gasteiger partial charge in [0.25, 0.3) is 0 Å². The van der Waals surface area contributed by atoms with Gasteiger partial charge < -0.3 is 9.47 Å². The van der Waals surface area contributed by atoms with E-state index in [0.717, 1.165) is 19.1 Å². The van der Waals surface area contributed by atoms with Crippen LogP contribution in [0.15, 0.2) is 0 Å². The summed E-state index contributed by atoms with van der Waals surface area (Å²) in [5.74, 6) is 1.33. The zero-order valence-electron chi connectivity index (χ0n) is 11.6. The van der Waals surface area contributed by atoms with Crippen LogP contribution >= 0.6 is 0 Å². The van der Waals surface area contributed by atoms with Crippen LogP contribution in [0, 0.1) is 17.3 Å². The molecule has 0 amide bonds. The minimum Gasteiger partial charge on any atom is -0.350 e. The summed E-state index contributed by atoms with van der Waals surface area (Å²) in [6.45, 7) is 13.1. The molecule has 1 heterocycles. The molecule has 1 rings (SSSR count). The Morgan fingerprint density at radius 3 is 2.12 bits per heavy atom. The lowest BCUT2D eigenvalue weighted by atomic mass is 9.82. The molecular weight excluding hydrogens is 200 g/mol. The lowest BCUT2D eigenvalue weighted by molar-refractivity contribution is -0.0814. The van der Waals surface area contributed by atoms with Crippen LogP contribution in [0.4, 0.5) is 0 Å². The molecule has 1 fully saturated rings. The van der Waals surface area contributed by atoms with Crippen molar-refractivity contribution in [3.63, 3.8) is 0 Å². The van der Waals surface area contributed by atoms with Gasteiger partial charge in [-0.15, -0.1) is 0 Å². The first-order valence-electron chi connectivity index (χ1n) is 6.62. The molecule has 1 aliphatic rings. The van der Waals surface area contributed by atoms with Crippen molar-refractivity contribution in [2.45, 2.75) is 60.2 Å². The van der Waals surface area contributed by atoms with Crippen LogP contribution in [0.2, 0.25) is 0 Å². The van der Waals surface area contributed by atoms with E-state index in [9.17, 15) is 0 Å². The third-order valence-electron chi connectivity index (χ3n) is 3.19. The number of ether oxygens (including phenoxy) is 2. The highest BCUT2D eigenvalue weighted by atomic mass is 16.7. The number of rotatable bonds is 5. The van der Waals surface area contributed by atoms with E-state index in [4.69, 9.17) is 9.47 Å². The van der Waals surface area contributed by atoms with Crippen molar-refractivity contribution in [1.82, 2.24) is 0 Å². The normalized spacial score (nSPS) is 22.3. The van der Waals surface area contributed by atoms with Gasteiger partial charge in [0.05, 0.1) is 13.2 Å². The maximum absolute atomic E-state index is 5.53. The Hall–Kier alpha value is -0.0800. The molecule has 0 aromatic heterocycles. The number of hydrogen-bond acceptors (Lipinski definition) is 2. The van der Waals surface area contributed by atoms with Gasteiger partial charge in [0.15, 0.2) is 6.29 Å². The predicted molar refractivity (Wildman–Crippen MR) is 67.3 cm³/mol. The molecule has 0 aromatic rings. The zero-order valence-corrected chi connectivity index (χ0v) is 11.6. The highest BCUT2D eigenvalue weighted by Gasteiger charge is 2.24. The fraction of sp³-hybridized carbons (Fsp3) is 1.00. The molecule has 0 saturated carbocycles. The fourth-order valence-electron chi connectivity index (χ4n) is 2.54. The second-order valence-corrected chi connectivity index (χ2v) is 6.53. The molecule has 2 nitrogen and oxygen atoms in total. The number of hydrogen-bond donors (Lipinski definition) is 0. The van der Waals surface area contributed by atoms with Crippen molar-refractivity contribution in [3.8, 4) is 0 Å². The van der Waals surface area contributed by atoms with Gasteiger partial charge in [-0.1, -0.05) is 41.0 Å². The Morgan fingerprint density at radius 1 is 1.06 bits per heavy atom. The third kappa shape index (κ3) is 5.31. The summed E-state index contributed by atoms with van der Waals surface area (Å²) in [5, 5.41) is 0. The van der Waals surface area contributed by atoms with Crippen LogP contribution in [-0.4, -0.2) is 19.5 Å². The average molecular weight is 228 g/mol. The molecule has 0 aromatic carbocycles. The first kappa shape index (κ1) is 14.0. The molecule has 0 N–H and O–H groups in total. The summed E-state index contributed by atoms with van der Waals surface area (Å²) >= 11 is 0. The summed E-state index contributed by atoms with van der Waals surface area (Å²) in [6, 6.07) is 0. The summed E-state index contributed by atoms with van der Waals surface area (Å²) < 4.78 is 11.1. The molecule has 2 heteroatoms. The van der Waals surface area contributed by atoms with Crippen molar-refractivity contribution in [2.24, 2.45) is 17.3 Å². The van der Waals surface area contributed by atoms with Crippen molar-refractivity contribution in [3.05, 3.63) is 0 Å². The van der Waals surface area contributed by atoms with Crippen molar-refractivity contribution in [2.75, 3.05) is 13.2 Å². The van der Waals surface area contributed by atoms with Crippen LogP contribution < -0.4 is 0 Å². The highest BCUT2D eigenvalue weighted by Crippen LogP contribution is 2.29. The standard InChI is InChI=1S/C14H28O2/c1-11(10-14(3,4)5)6-7-12(2)13-15-8-9-16-13/h11-13H,6-10H2,1-5H3. The van der Waals surface area contributed by atoms with Crippen molar-refractivity contribution < 1.29 is 9.47 Å². The summed E-state index contributed by atoms with van der Waals surface area (Å²) in [7, 11) is 0. The molecule has 96 valence electrons. The van der Waals surface area contributed by atoms with E-state index < -0.39 is 0 Å². The minimum atomic E-state index is 0.0573. The van der Waals surface area contributed by atoms with Gasteiger partial charge in [-0.2, -0.15) is 0 Å². The molecule has 0 aliphatic carbocycles. The molecule has 2 atom stereocenters. The Balaban J connectivity index is 2.17. The highest BCUT2D eigenvalue weighted by molar-refractivity contribution is 4.69. The van der Waals surface area contributed by atoms with Gasteiger partial charge in [0.2, 0.25) is 0 Å². The molecule has 2 unspecified atom stereocenters. The van der Waals surface area contributed by atoms with Crippen LogP contribution in [0.3, 0.4) is 0 Å². The molecule has 16 heavy (non-hydrogen) atoms. The predicted octanol–water partition coefficient (Wildman–Crippen LogP) is 3.85. The summed E-state index contributed by atoms with van der Waals surface area (Å²) in [5.41, 5.74) is 0.447. The second kappa shape index (κ2) is 6.02. The van der Waals surface area contributed by atoms with Crippen molar-refractivity contribution >= 4 is 0 Å². The molecular formula is C14H28O2. The zero-order chi connectivity index (χ0) is 12.2. The Morgan fingerprint density at radius 2 is 1.62 bits per heavy atom. The van der Waals surface area contributed by atoms with Crippen molar-refractivity contribution in [1.29, 1.82) is 0 Å². The van der Waals surface area contributed by atoms with Gasteiger partial charge in [0.1, 0.15) is 0 Å². The minimum absolute atomic E-state index is 0.0573. The Labute approximate surface area is 101 Å². The fourth-order valence-corrected chi connectivity index (χ4v) is 2.54. The monoisotopic (exact) mass is 228 g/mol. The van der Waals surface area contributed by atoms with Gasteiger partial charge in [-0.25, -0.2) is 0 Å². The van der Waals surface area contributed by atoms with E-state index in [-0.39, 0.29) is 6.29 Å². The second-order valence-electron chi connectivity index (χ2n) is 6.53. The average Bonchev–Trinajstić information content (AvgIpc) is 2.64. The smallest absolute Gasteiger partial charge is 0.160 e. The molecule has 0 radical (unpaired) electrons. The van der Waals surface area contributed by atoms with Gasteiger partial charge in [-0.05, 0) is 24.2 Å². The maximum Gasteiger partial charge on any atom is 0.160 e. The Kier molecular flexibility index (Phi) is 5.26. The largest absolute Gasteiger partial charge is 0.350 e. The summed E-state index contributed by atoms with van der Waals surface area (Å²) in [6.07, 6.45) is 3.84. The molecule has 0 bridgehead atoms. The SMILES string of the molecule is CC(CCC(C)C1OCCO1)CC(C)(C)C. The van der Waals surface area contributed by atoms with Crippen LogP contribution in [0.1, 0.15) is 53.9 Å². The lowest BCUT2D eigenvalue weighted by Crippen LogP contribution is -2.20. The Bertz CT molecular complexity index is 189. The van der Waals surface area contributed by atoms with Gasteiger partial charge in [0, 0.05) is 5.92 Å². The van der Waals surface area contributed by atoms with E-state index in [1.165, 1.54) is 19.3 Å². The van der Waals surface area contributed by atoms with E-state index in [0.29, 0.717) is 11.3 Å². The first-order valence-corrected chi connectivity index (χ1v) is 6.62. The molecule has 0 spiro atoms. The van der Waals surface area contributed by atoms with E-state index in [1.54, 1.807) is 0 Å². The summed E-state index contributed by atoms with van der Waals surface area (Å²) in [4.78, 5) is 0. The van der Waals surface area contributed by atoms with E-state index in [2.05, 4.69) is 34.6 Å². The van der Waals surface area contributed by atoms with E-state index in [1.807, 2.05) is 0 Å². The first-order chi connectivity index (χ1) is 7.38. The van der Waals surface area contributed by atoms with Gasteiger partial charge >= 0.3 is 0 Å². The van der Waals surface area contributed by atoms with E-state index >= 15 is 0 Å². The molecule has 1 saturated heterocycles. The van der Waals surface area contributed by atoms with Crippen LogP contribution in [0.25, 0.3) is 0 Å². The van der Waals surface area contributed by atoms with Gasteiger partial charge in [-0.3, -0.25) is 0 Å². The topological polar surface area (TPSA) is 18.5 Å². The van der Waals surface area contributed by atoms with Crippen LogP contribution in [-0.2, 0) is 9.47 Å².